The van der Waals surface area contributed by atoms with Crippen LogP contribution < -0.4 is 4.90 Å². The van der Waals surface area contributed by atoms with Crippen molar-refractivity contribution in [3.63, 3.8) is 0 Å². The van der Waals surface area contributed by atoms with E-state index in [1.165, 1.54) is 0 Å². The zero-order chi connectivity index (χ0) is 16.2. The molecular weight excluding hydrogens is 294 g/mol. The topological polar surface area (TPSA) is 64.4 Å². The molecule has 0 radical (unpaired) electrons. The molecule has 6 heteroatoms. The van der Waals surface area contributed by atoms with Crippen LogP contribution in [0, 0.1) is 0 Å². The highest BCUT2D eigenvalue weighted by Crippen LogP contribution is 2.22. The summed E-state index contributed by atoms with van der Waals surface area (Å²) in [6.45, 7) is 3.03. The van der Waals surface area contributed by atoms with Crippen LogP contribution in [0.5, 0.6) is 0 Å². The SMILES string of the molecule is C[C@H](Cn1cccn1)OC(=O)c1cccc(N2CCCC2=O)c1. The molecule has 0 bridgehead atoms. The summed E-state index contributed by atoms with van der Waals surface area (Å²) in [5.74, 6) is -0.291. The number of carbonyl (C=O) groups excluding carboxylic acids is 2. The molecular formula is C17H19N3O3. The van der Waals surface area contributed by atoms with E-state index in [9.17, 15) is 9.59 Å². The maximum absolute atomic E-state index is 12.3. The summed E-state index contributed by atoms with van der Waals surface area (Å²) in [5.41, 5.74) is 1.20. The van der Waals surface area contributed by atoms with Gasteiger partial charge in [-0.2, -0.15) is 5.10 Å². The first-order chi connectivity index (χ1) is 11.1. The van der Waals surface area contributed by atoms with Crippen LogP contribution in [0.15, 0.2) is 42.7 Å². The number of hydrogen-bond donors (Lipinski definition) is 0. The maximum Gasteiger partial charge on any atom is 0.338 e. The highest BCUT2D eigenvalue weighted by molar-refractivity contribution is 5.97. The molecule has 1 amide bonds. The second kappa shape index (κ2) is 6.64. The van der Waals surface area contributed by atoms with Crippen molar-refractivity contribution in [2.24, 2.45) is 0 Å². The lowest BCUT2D eigenvalue weighted by Crippen LogP contribution is -2.24. The van der Waals surface area contributed by atoms with Gasteiger partial charge in [0.1, 0.15) is 6.10 Å². The molecule has 0 unspecified atom stereocenters. The van der Waals surface area contributed by atoms with Crippen molar-refractivity contribution < 1.29 is 14.3 Å². The number of hydrogen-bond acceptors (Lipinski definition) is 4. The van der Waals surface area contributed by atoms with Crippen molar-refractivity contribution >= 4 is 17.6 Å². The molecule has 1 aromatic heterocycles. The van der Waals surface area contributed by atoms with Gasteiger partial charge in [0.25, 0.3) is 0 Å². The van der Waals surface area contributed by atoms with E-state index >= 15 is 0 Å². The fraction of sp³-hybridized carbons (Fsp3) is 0.353. The van der Waals surface area contributed by atoms with E-state index in [0.29, 0.717) is 25.1 Å². The van der Waals surface area contributed by atoms with Crippen LogP contribution in [0.4, 0.5) is 5.69 Å². The smallest absolute Gasteiger partial charge is 0.338 e. The van der Waals surface area contributed by atoms with Gasteiger partial charge in [-0.1, -0.05) is 6.07 Å². The number of esters is 1. The average molecular weight is 313 g/mol. The van der Waals surface area contributed by atoms with Crippen LogP contribution in [-0.4, -0.2) is 34.3 Å². The normalized spacial score (nSPS) is 15.7. The Morgan fingerprint density at radius 3 is 2.96 bits per heavy atom. The van der Waals surface area contributed by atoms with Gasteiger partial charge in [0.2, 0.25) is 5.91 Å². The molecule has 1 aliphatic rings. The quantitative estimate of drug-likeness (QED) is 0.794. The Morgan fingerprint density at radius 2 is 2.26 bits per heavy atom. The van der Waals surface area contributed by atoms with E-state index in [2.05, 4.69) is 5.10 Å². The lowest BCUT2D eigenvalue weighted by molar-refractivity contribution is -0.117. The highest BCUT2D eigenvalue weighted by Gasteiger charge is 2.22. The first-order valence-electron chi connectivity index (χ1n) is 7.72. The molecule has 0 N–H and O–H groups in total. The lowest BCUT2D eigenvalue weighted by atomic mass is 10.2. The minimum Gasteiger partial charge on any atom is -0.457 e. The molecule has 1 aromatic carbocycles. The van der Waals surface area contributed by atoms with Gasteiger partial charge in [-0.25, -0.2) is 4.79 Å². The maximum atomic E-state index is 12.3. The molecule has 1 saturated heterocycles. The summed E-state index contributed by atoms with van der Waals surface area (Å²) >= 11 is 0. The van der Waals surface area contributed by atoms with Crippen molar-refractivity contribution in [1.29, 1.82) is 0 Å². The Hall–Kier alpha value is -2.63. The van der Waals surface area contributed by atoms with Crippen molar-refractivity contribution in [2.75, 3.05) is 11.4 Å². The fourth-order valence-corrected chi connectivity index (χ4v) is 2.68. The van der Waals surface area contributed by atoms with E-state index in [1.807, 2.05) is 25.3 Å². The van der Waals surface area contributed by atoms with Gasteiger partial charge in [0, 0.05) is 31.0 Å². The molecule has 6 nitrogen and oxygen atoms in total. The number of anilines is 1. The molecule has 1 aliphatic heterocycles. The number of ether oxygens (including phenoxy) is 1. The van der Waals surface area contributed by atoms with Crippen molar-refractivity contribution in [3.05, 3.63) is 48.3 Å². The molecule has 2 heterocycles. The van der Waals surface area contributed by atoms with Crippen LogP contribution in [0.2, 0.25) is 0 Å². The number of aromatic nitrogens is 2. The average Bonchev–Trinajstić information content (AvgIpc) is 3.19. The van der Waals surface area contributed by atoms with Crippen molar-refractivity contribution in [3.8, 4) is 0 Å². The molecule has 23 heavy (non-hydrogen) atoms. The molecule has 1 atom stereocenters. The summed E-state index contributed by atoms with van der Waals surface area (Å²) < 4.78 is 7.17. The number of benzene rings is 1. The van der Waals surface area contributed by atoms with Crippen molar-refractivity contribution in [1.82, 2.24) is 9.78 Å². The summed E-state index contributed by atoms with van der Waals surface area (Å²) in [4.78, 5) is 25.8. The van der Waals surface area contributed by atoms with E-state index in [4.69, 9.17) is 4.74 Å². The van der Waals surface area contributed by atoms with Crippen LogP contribution >= 0.6 is 0 Å². The van der Waals surface area contributed by atoms with E-state index in [0.717, 1.165) is 12.1 Å². The predicted octanol–water partition coefficient (Wildman–Crippen LogP) is 2.26. The zero-order valence-electron chi connectivity index (χ0n) is 13.0. The molecule has 3 rings (SSSR count). The number of carbonyl (C=O) groups is 2. The van der Waals surface area contributed by atoms with Gasteiger partial charge in [0.05, 0.1) is 12.1 Å². The monoisotopic (exact) mass is 313 g/mol. The van der Waals surface area contributed by atoms with Crippen LogP contribution in [0.25, 0.3) is 0 Å². The predicted molar refractivity (Wildman–Crippen MR) is 85.1 cm³/mol. The lowest BCUT2D eigenvalue weighted by Gasteiger charge is -2.17. The molecule has 2 aromatic rings. The largest absolute Gasteiger partial charge is 0.457 e. The molecule has 1 fully saturated rings. The van der Waals surface area contributed by atoms with E-state index in [-0.39, 0.29) is 12.0 Å². The Kier molecular flexibility index (Phi) is 4.41. The summed E-state index contributed by atoms with van der Waals surface area (Å²) in [7, 11) is 0. The van der Waals surface area contributed by atoms with Gasteiger partial charge in [-0.05, 0) is 37.6 Å². The van der Waals surface area contributed by atoms with Gasteiger partial charge in [0.15, 0.2) is 0 Å². The minimum atomic E-state index is -0.391. The summed E-state index contributed by atoms with van der Waals surface area (Å²) in [6, 6.07) is 8.85. The third-order valence-electron chi connectivity index (χ3n) is 3.78. The van der Waals surface area contributed by atoms with Gasteiger partial charge in [-0.15, -0.1) is 0 Å². The van der Waals surface area contributed by atoms with E-state index < -0.39 is 5.97 Å². The first-order valence-corrected chi connectivity index (χ1v) is 7.72. The zero-order valence-corrected chi connectivity index (χ0v) is 13.0. The fourth-order valence-electron chi connectivity index (χ4n) is 2.68. The number of rotatable bonds is 5. The highest BCUT2D eigenvalue weighted by atomic mass is 16.5. The molecule has 120 valence electrons. The Balaban J connectivity index is 1.66. The molecule has 0 aliphatic carbocycles. The number of nitrogens with zero attached hydrogens (tertiary/aromatic N) is 3. The van der Waals surface area contributed by atoms with Gasteiger partial charge in [-0.3, -0.25) is 9.48 Å². The molecule has 0 spiro atoms. The van der Waals surface area contributed by atoms with Crippen LogP contribution in [0.1, 0.15) is 30.1 Å². The van der Waals surface area contributed by atoms with Crippen LogP contribution in [-0.2, 0) is 16.1 Å². The first kappa shape index (κ1) is 15.3. The Labute approximate surface area is 134 Å². The minimum absolute atomic E-state index is 0.0996. The second-order valence-corrected chi connectivity index (χ2v) is 5.64. The standard InChI is InChI=1S/C17H19N3O3/c1-13(12-19-9-4-8-18-19)23-17(22)14-5-2-6-15(11-14)20-10-3-7-16(20)21/h2,4-6,8-9,11,13H,3,7,10,12H2,1H3/t13-/m1/s1. The third-order valence-corrected chi connectivity index (χ3v) is 3.78. The van der Waals surface area contributed by atoms with E-state index in [1.54, 1.807) is 34.0 Å². The Bertz CT molecular complexity index is 697. The number of amides is 1. The summed E-state index contributed by atoms with van der Waals surface area (Å²) in [6.07, 6.45) is 4.64. The second-order valence-electron chi connectivity index (χ2n) is 5.64. The van der Waals surface area contributed by atoms with Gasteiger partial charge < -0.3 is 9.64 Å². The summed E-state index contributed by atoms with van der Waals surface area (Å²) in [5, 5.41) is 4.09. The van der Waals surface area contributed by atoms with Gasteiger partial charge >= 0.3 is 5.97 Å². The molecule has 0 saturated carbocycles. The Morgan fingerprint density at radius 1 is 1.39 bits per heavy atom. The third kappa shape index (κ3) is 3.59. The van der Waals surface area contributed by atoms with Crippen molar-refractivity contribution in [2.45, 2.75) is 32.4 Å². The van der Waals surface area contributed by atoms with Crippen LogP contribution in [0.3, 0.4) is 0 Å².